The van der Waals surface area contributed by atoms with Gasteiger partial charge in [-0.1, -0.05) is 6.92 Å². The summed E-state index contributed by atoms with van der Waals surface area (Å²) in [4.78, 5) is 20.5. The lowest BCUT2D eigenvalue weighted by Crippen LogP contribution is -2.51. The Bertz CT molecular complexity index is 460. The number of carbonyl (C=O) groups is 1. The molecule has 144 valence electrons. The Labute approximate surface area is 152 Å². The van der Waals surface area contributed by atoms with Gasteiger partial charge in [0.2, 0.25) is 5.91 Å². The van der Waals surface area contributed by atoms with Gasteiger partial charge in [-0.2, -0.15) is 0 Å². The van der Waals surface area contributed by atoms with E-state index in [2.05, 4.69) is 41.3 Å². The summed E-state index contributed by atoms with van der Waals surface area (Å²) in [6.07, 6.45) is 1.95. The number of likely N-dealkylation sites (tertiary alicyclic amines) is 1. The van der Waals surface area contributed by atoms with Crippen molar-refractivity contribution in [3.63, 3.8) is 0 Å². The number of ether oxygens (including phenoxy) is 1. The molecule has 2 aliphatic heterocycles. The highest BCUT2D eigenvalue weighted by atomic mass is 16.5. The normalized spacial score (nSPS) is 26.1. The Morgan fingerprint density at radius 2 is 1.92 bits per heavy atom. The summed E-state index contributed by atoms with van der Waals surface area (Å²) in [5, 5.41) is 7.09. The Kier molecular flexibility index (Phi) is 7.50. The minimum atomic E-state index is 0.0105. The first-order valence-corrected chi connectivity index (χ1v) is 9.46. The molecule has 0 spiro atoms. The predicted octanol–water partition coefficient (Wildman–Crippen LogP) is 0.518. The van der Waals surface area contributed by atoms with Crippen LogP contribution in [0.5, 0.6) is 0 Å². The number of guanidine groups is 1. The first kappa shape index (κ1) is 20.0. The molecule has 2 fully saturated rings. The molecule has 0 saturated carbocycles. The van der Waals surface area contributed by atoms with Gasteiger partial charge in [0.05, 0.1) is 0 Å². The largest absolute Gasteiger partial charge is 0.381 e. The Morgan fingerprint density at radius 3 is 2.48 bits per heavy atom. The van der Waals surface area contributed by atoms with Gasteiger partial charge in [0.1, 0.15) is 6.54 Å². The summed E-state index contributed by atoms with van der Waals surface area (Å²) >= 11 is 0. The van der Waals surface area contributed by atoms with Crippen LogP contribution in [0.25, 0.3) is 0 Å². The number of aliphatic imine (C=N–C) groups is 1. The highest BCUT2D eigenvalue weighted by Crippen LogP contribution is 2.18. The van der Waals surface area contributed by atoms with Gasteiger partial charge in [0, 0.05) is 58.5 Å². The fourth-order valence-corrected chi connectivity index (χ4v) is 3.25. The minimum Gasteiger partial charge on any atom is -0.381 e. The summed E-state index contributed by atoms with van der Waals surface area (Å²) in [6, 6.07) is 1.25. The molecular weight excluding hydrogens is 318 g/mol. The second-order valence-corrected chi connectivity index (χ2v) is 7.76. The third-order valence-electron chi connectivity index (χ3n) is 5.13. The van der Waals surface area contributed by atoms with Gasteiger partial charge in [0.25, 0.3) is 0 Å². The molecule has 7 heteroatoms. The van der Waals surface area contributed by atoms with E-state index in [1.165, 1.54) is 0 Å². The van der Waals surface area contributed by atoms with Gasteiger partial charge in [-0.3, -0.25) is 9.69 Å². The third kappa shape index (κ3) is 6.15. The van der Waals surface area contributed by atoms with E-state index in [4.69, 9.17) is 4.74 Å². The number of likely N-dealkylation sites (N-methyl/N-ethyl adjacent to an activating group) is 1. The summed E-state index contributed by atoms with van der Waals surface area (Å²) in [7, 11) is 3.52. The van der Waals surface area contributed by atoms with E-state index in [1.807, 2.05) is 0 Å². The van der Waals surface area contributed by atoms with Crippen molar-refractivity contribution in [3.8, 4) is 0 Å². The predicted molar refractivity (Wildman–Crippen MR) is 101 cm³/mol. The summed E-state index contributed by atoms with van der Waals surface area (Å²) in [6.45, 7) is 10.6. The molecule has 2 atom stereocenters. The highest BCUT2D eigenvalue weighted by Gasteiger charge is 2.31. The molecule has 2 N–H and O–H groups in total. The molecular formula is C18H35N5O2. The Morgan fingerprint density at radius 1 is 1.24 bits per heavy atom. The zero-order chi connectivity index (χ0) is 18.4. The van der Waals surface area contributed by atoms with E-state index in [9.17, 15) is 4.79 Å². The van der Waals surface area contributed by atoms with Crippen molar-refractivity contribution >= 4 is 11.9 Å². The Balaban J connectivity index is 2.00. The van der Waals surface area contributed by atoms with Crippen LogP contribution in [-0.4, -0.2) is 86.7 Å². The molecule has 0 aromatic carbocycles. The smallest absolute Gasteiger partial charge is 0.243 e. The zero-order valence-corrected chi connectivity index (χ0v) is 16.4. The average Bonchev–Trinajstić information content (AvgIpc) is 2.94. The monoisotopic (exact) mass is 353 g/mol. The molecule has 0 aromatic rings. The fourth-order valence-electron chi connectivity index (χ4n) is 3.25. The molecule has 2 unspecified atom stereocenters. The molecule has 2 aliphatic rings. The van der Waals surface area contributed by atoms with Crippen molar-refractivity contribution in [2.24, 2.45) is 10.9 Å². The van der Waals surface area contributed by atoms with Gasteiger partial charge in [-0.05, 0) is 32.6 Å². The zero-order valence-electron chi connectivity index (χ0n) is 16.4. The lowest BCUT2D eigenvalue weighted by atomic mass is 10.1. The Hall–Kier alpha value is -1.34. The average molecular weight is 354 g/mol. The summed E-state index contributed by atoms with van der Waals surface area (Å²) in [5.74, 6) is 1.31. The number of nitrogens with zero attached hydrogens (tertiary/aromatic N) is 3. The van der Waals surface area contributed by atoms with Crippen molar-refractivity contribution < 1.29 is 9.53 Å². The van der Waals surface area contributed by atoms with Gasteiger partial charge in [-0.25, -0.2) is 4.99 Å². The number of amides is 1. The van der Waals surface area contributed by atoms with Gasteiger partial charge >= 0.3 is 0 Å². The van der Waals surface area contributed by atoms with Gasteiger partial charge < -0.3 is 20.3 Å². The maximum atomic E-state index is 11.9. The summed E-state index contributed by atoms with van der Waals surface area (Å²) < 4.78 is 5.43. The van der Waals surface area contributed by atoms with Crippen molar-refractivity contribution in [3.05, 3.63) is 0 Å². The molecule has 1 amide bonds. The standard InChI is InChI=1S/C18H35N5O2/c1-13(2)23-11-14(3)16(12-23)21-18(19-10-17(24)22(4)5)20-15-6-8-25-9-7-15/h13-16H,6-12H2,1-5H3,(H2,19,20,21). The van der Waals surface area contributed by atoms with E-state index >= 15 is 0 Å². The number of rotatable bonds is 5. The number of hydrogen-bond donors (Lipinski definition) is 2. The van der Waals surface area contributed by atoms with Crippen molar-refractivity contribution in [1.82, 2.24) is 20.4 Å². The molecule has 2 heterocycles. The molecule has 0 aliphatic carbocycles. The van der Waals surface area contributed by atoms with Crippen LogP contribution in [0.1, 0.15) is 33.6 Å². The van der Waals surface area contributed by atoms with E-state index in [0.717, 1.165) is 45.1 Å². The maximum absolute atomic E-state index is 11.9. The molecule has 0 bridgehead atoms. The number of nitrogens with one attached hydrogen (secondary N) is 2. The molecule has 0 radical (unpaired) electrons. The molecule has 2 saturated heterocycles. The summed E-state index contributed by atoms with van der Waals surface area (Å²) in [5.41, 5.74) is 0. The third-order valence-corrected chi connectivity index (χ3v) is 5.13. The lowest BCUT2D eigenvalue weighted by Gasteiger charge is -2.28. The lowest BCUT2D eigenvalue weighted by molar-refractivity contribution is -0.127. The SMILES string of the molecule is CC1CN(C(C)C)CC1NC(=NCC(=O)N(C)C)NC1CCOCC1. The van der Waals surface area contributed by atoms with Crippen LogP contribution in [-0.2, 0) is 9.53 Å². The van der Waals surface area contributed by atoms with E-state index in [1.54, 1.807) is 19.0 Å². The first-order chi connectivity index (χ1) is 11.9. The second-order valence-electron chi connectivity index (χ2n) is 7.76. The number of carbonyl (C=O) groups excluding carboxylic acids is 1. The molecule has 7 nitrogen and oxygen atoms in total. The molecule has 0 aromatic heterocycles. The van der Waals surface area contributed by atoms with Crippen LogP contribution >= 0.6 is 0 Å². The number of hydrogen-bond acceptors (Lipinski definition) is 4. The van der Waals surface area contributed by atoms with Crippen LogP contribution in [0, 0.1) is 5.92 Å². The van der Waals surface area contributed by atoms with Crippen LogP contribution in [0.15, 0.2) is 4.99 Å². The van der Waals surface area contributed by atoms with Crippen molar-refractivity contribution in [1.29, 1.82) is 0 Å². The van der Waals surface area contributed by atoms with E-state index in [0.29, 0.717) is 24.0 Å². The van der Waals surface area contributed by atoms with Crippen molar-refractivity contribution in [2.45, 2.75) is 51.7 Å². The molecule has 25 heavy (non-hydrogen) atoms. The van der Waals surface area contributed by atoms with Crippen LogP contribution in [0.4, 0.5) is 0 Å². The maximum Gasteiger partial charge on any atom is 0.243 e. The van der Waals surface area contributed by atoms with E-state index < -0.39 is 0 Å². The van der Waals surface area contributed by atoms with Gasteiger partial charge in [-0.15, -0.1) is 0 Å². The first-order valence-electron chi connectivity index (χ1n) is 9.46. The highest BCUT2D eigenvalue weighted by molar-refractivity contribution is 5.85. The second kappa shape index (κ2) is 9.38. The van der Waals surface area contributed by atoms with Crippen LogP contribution in [0.2, 0.25) is 0 Å². The quantitative estimate of drug-likeness (QED) is 0.557. The van der Waals surface area contributed by atoms with Crippen LogP contribution in [0.3, 0.4) is 0 Å². The van der Waals surface area contributed by atoms with E-state index in [-0.39, 0.29) is 12.5 Å². The van der Waals surface area contributed by atoms with Crippen LogP contribution < -0.4 is 10.6 Å². The fraction of sp³-hybridized carbons (Fsp3) is 0.889. The topological polar surface area (TPSA) is 69.2 Å². The molecule has 2 rings (SSSR count). The minimum absolute atomic E-state index is 0.0105. The van der Waals surface area contributed by atoms with Gasteiger partial charge in [0.15, 0.2) is 5.96 Å². The van der Waals surface area contributed by atoms with Crippen molar-refractivity contribution in [2.75, 3.05) is 46.9 Å².